The van der Waals surface area contributed by atoms with Crippen molar-refractivity contribution in [1.29, 1.82) is 0 Å². The van der Waals surface area contributed by atoms with Gasteiger partial charge in [-0.15, -0.1) is 0 Å². The van der Waals surface area contributed by atoms with Gasteiger partial charge in [-0.3, -0.25) is 0 Å². The zero-order chi connectivity index (χ0) is 6.57. The van der Waals surface area contributed by atoms with Crippen molar-refractivity contribution in [1.82, 2.24) is 5.48 Å². The van der Waals surface area contributed by atoms with Crippen molar-refractivity contribution >= 4 is 6.16 Å². The SMILES string of the molecule is O=C(O)ONC(F)F. The Morgan fingerprint density at radius 3 is 2.38 bits per heavy atom. The van der Waals surface area contributed by atoms with Crippen LogP contribution in [0.2, 0.25) is 0 Å². The standard InChI is InChI=1S/C2H3F2NO3/c3-1(4)5-8-2(6)7/h1,5H,(H,6,7). The molecule has 0 amide bonds. The highest BCUT2D eigenvalue weighted by atomic mass is 19.3. The number of hydroxylamine groups is 1. The molecule has 0 heterocycles. The van der Waals surface area contributed by atoms with Crippen LogP contribution in [0.25, 0.3) is 0 Å². The molecule has 0 aliphatic carbocycles. The third-order valence-electron chi connectivity index (χ3n) is 0.235. The van der Waals surface area contributed by atoms with Gasteiger partial charge in [0.25, 0.3) is 0 Å². The number of nitrogens with one attached hydrogen (secondary N) is 1. The first-order valence-corrected chi connectivity index (χ1v) is 1.56. The molecule has 0 saturated heterocycles. The molecule has 0 radical (unpaired) electrons. The van der Waals surface area contributed by atoms with Gasteiger partial charge in [-0.1, -0.05) is 5.48 Å². The summed E-state index contributed by atoms with van der Waals surface area (Å²) in [6.07, 6.45) is -1.79. The second-order valence-corrected chi connectivity index (χ2v) is 0.787. The molecule has 0 aliphatic heterocycles. The number of alkyl halides is 2. The Balaban J connectivity index is 3.05. The van der Waals surface area contributed by atoms with Gasteiger partial charge in [0.15, 0.2) is 0 Å². The highest BCUT2D eigenvalue weighted by Gasteiger charge is 2.02. The quantitative estimate of drug-likeness (QED) is 0.416. The van der Waals surface area contributed by atoms with Crippen molar-refractivity contribution < 1.29 is 23.5 Å². The molecule has 0 aromatic rings. The Bertz CT molecular complexity index is 85.4. The summed E-state index contributed by atoms with van der Waals surface area (Å²) in [6.45, 7) is -2.97. The van der Waals surface area contributed by atoms with E-state index in [1.165, 1.54) is 0 Å². The minimum atomic E-state index is -2.97. The van der Waals surface area contributed by atoms with Crippen LogP contribution in [0.4, 0.5) is 13.6 Å². The predicted octanol–water partition coefficient (Wildman–Crippen LogP) is 0.408. The van der Waals surface area contributed by atoms with Gasteiger partial charge >= 0.3 is 12.7 Å². The summed E-state index contributed by atoms with van der Waals surface area (Å²) in [7, 11) is 0. The smallest absolute Gasteiger partial charge is 0.448 e. The van der Waals surface area contributed by atoms with Crippen LogP contribution in [0.15, 0.2) is 0 Å². The third kappa shape index (κ3) is 5.09. The third-order valence-corrected chi connectivity index (χ3v) is 0.235. The van der Waals surface area contributed by atoms with E-state index in [1.54, 1.807) is 0 Å². The maximum absolute atomic E-state index is 10.9. The van der Waals surface area contributed by atoms with Gasteiger partial charge in [-0.25, -0.2) is 4.79 Å². The number of hydrogen-bond acceptors (Lipinski definition) is 3. The van der Waals surface area contributed by atoms with E-state index < -0.39 is 12.7 Å². The lowest BCUT2D eigenvalue weighted by Gasteiger charge is -1.96. The lowest BCUT2D eigenvalue weighted by Crippen LogP contribution is -2.23. The molecule has 48 valence electrons. The Morgan fingerprint density at radius 2 is 2.25 bits per heavy atom. The molecule has 0 atom stereocenters. The first kappa shape index (κ1) is 7.09. The monoisotopic (exact) mass is 127 g/mol. The molecule has 2 N–H and O–H groups in total. The Hall–Kier alpha value is -0.910. The minimum absolute atomic E-state index is 0.912. The van der Waals surface area contributed by atoms with E-state index in [0.29, 0.717) is 0 Å². The number of halogens is 2. The van der Waals surface area contributed by atoms with Crippen molar-refractivity contribution in [2.75, 3.05) is 0 Å². The number of carbonyl (C=O) groups is 1. The van der Waals surface area contributed by atoms with E-state index in [4.69, 9.17) is 5.11 Å². The molecule has 0 unspecified atom stereocenters. The van der Waals surface area contributed by atoms with E-state index in [1.807, 2.05) is 0 Å². The van der Waals surface area contributed by atoms with Gasteiger partial charge in [-0.05, 0) is 0 Å². The van der Waals surface area contributed by atoms with Gasteiger partial charge in [0.05, 0.1) is 0 Å². The second kappa shape index (κ2) is 3.14. The Kier molecular flexibility index (Phi) is 2.78. The number of rotatable bonds is 2. The highest BCUT2D eigenvalue weighted by molar-refractivity contribution is 5.56. The van der Waals surface area contributed by atoms with E-state index in [9.17, 15) is 13.6 Å². The van der Waals surface area contributed by atoms with Gasteiger partial charge in [0, 0.05) is 0 Å². The Morgan fingerprint density at radius 1 is 1.75 bits per heavy atom. The molecular formula is C2H3F2NO3. The van der Waals surface area contributed by atoms with Gasteiger partial charge < -0.3 is 9.94 Å². The van der Waals surface area contributed by atoms with Crippen LogP contribution in [0.5, 0.6) is 0 Å². The van der Waals surface area contributed by atoms with E-state index in [0.717, 1.165) is 5.48 Å². The van der Waals surface area contributed by atoms with Crippen molar-refractivity contribution in [2.45, 2.75) is 6.55 Å². The van der Waals surface area contributed by atoms with Crippen LogP contribution in [-0.2, 0) is 4.84 Å². The minimum Gasteiger partial charge on any atom is -0.448 e. The van der Waals surface area contributed by atoms with Crippen molar-refractivity contribution in [2.24, 2.45) is 0 Å². The molecular weight excluding hydrogens is 124 g/mol. The van der Waals surface area contributed by atoms with Gasteiger partial charge in [0.2, 0.25) is 0 Å². The summed E-state index contributed by atoms with van der Waals surface area (Å²) < 4.78 is 21.8. The largest absolute Gasteiger partial charge is 0.525 e. The molecule has 0 aromatic carbocycles. The fraction of sp³-hybridized carbons (Fsp3) is 0.500. The first-order valence-electron chi connectivity index (χ1n) is 1.56. The molecule has 6 heteroatoms. The highest BCUT2D eigenvalue weighted by Crippen LogP contribution is 1.83. The normalized spacial score (nSPS) is 9.38. The van der Waals surface area contributed by atoms with Gasteiger partial charge in [0.1, 0.15) is 0 Å². The summed E-state index contributed by atoms with van der Waals surface area (Å²) in [6, 6.07) is 0. The van der Waals surface area contributed by atoms with E-state index in [2.05, 4.69) is 4.84 Å². The van der Waals surface area contributed by atoms with Crippen LogP contribution in [0.1, 0.15) is 0 Å². The zero-order valence-corrected chi connectivity index (χ0v) is 3.60. The zero-order valence-electron chi connectivity index (χ0n) is 3.60. The molecule has 0 saturated carbocycles. The Labute approximate surface area is 43.0 Å². The molecule has 0 spiro atoms. The molecule has 0 fully saturated rings. The van der Waals surface area contributed by atoms with E-state index in [-0.39, 0.29) is 0 Å². The summed E-state index contributed by atoms with van der Waals surface area (Å²) in [5, 5.41) is 7.54. The van der Waals surface area contributed by atoms with Crippen LogP contribution in [0, 0.1) is 0 Å². The fourth-order valence-corrected chi connectivity index (χ4v) is 0.0950. The second-order valence-electron chi connectivity index (χ2n) is 0.787. The molecule has 0 bridgehead atoms. The average Bonchev–Trinajstić information content (AvgIpc) is 1.61. The van der Waals surface area contributed by atoms with Crippen LogP contribution < -0.4 is 5.48 Å². The maximum Gasteiger partial charge on any atom is 0.525 e. The first-order chi connectivity index (χ1) is 3.63. The maximum atomic E-state index is 10.9. The van der Waals surface area contributed by atoms with Crippen molar-refractivity contribution in [3.8, 4) is 0 Å². The number of hydrogen-bond donors (Lipinski definition) is 2. The summed E-state index contributed by atoms with van der Waals surface area (Å²) in [5.41, 5.74) is 0.912. The molecule has 0 rings (SSSR count). The van der Waals surface area contributed by atoms with Crippen LogP contribution >= 0.6 is 0 Å². The van der Waals surface area contributed by atoms with Crippen LogP contribution in [0.3, 0.4) is 0 Å². The summed E-state index contributed by atoms with van der Waals surface area (Å²) >= 11 is 0. The van der Waals surface area contributed by atoms with Crippen molar-refractivity contribution in [3.63, 3.8) is 0 Å². The van der Waals surface area contributed by atoms with Crippen LogP contribution in [-0.4, -0.2) is 17.8 Å². The molecule has 8 heavy (non-hydrogen) atoms. The van der Waals surface area contributed by atoms with Gasteiger partial charge in [-0.2, -0.15) is 8.78 Å². The van der Waals surface area contributed by atoms with E-state index >= 15 is 0 Å². The molecule has 0 aliphatic rings. The average molecular weight is 127 g/mol. The lowest BCUT2D eigenvalue weighted by atomic mass is 11.3. The summed E-state index contributed by atoms with van der Waals surface area (Å²) in [5.74, 6) is 0. The predicted molar refractivity (Wildman–Crippen MR) is 18.2 cm³/mol. The fourth-order valence-electron chi connectivity index (χ4n) is 0.0950. The van der Waals surface area contributed by atoms with Crippen molar-refractivity contribution in [3.05, 3.63) is 0 Å². The molecule has 0 aromatic heterocycles. The lowest BCUT2D eigenvalue weighted by molar-refractivity contribution is -0.0522. The number of carboxylic acid groups (broad SMARTS) is 1. The summed E-state index contributed by atoms with van der Waals surface area (Å²) in [4.78, 5) is 12.5. The molecule has 4 nitrogen and oxygen atoms in total. The topological polar surface area (TPSA) is 58.6 Å².